The summed E-state index contributed by atoms with van der Waals surface area (Å²) in [7, 11) is 0. The molecule has 5 atom stereocenters. The van der Waals surface area contributed by atoms with Crippen LogP contribution in [0.25, 0.3) is 0 Å². The molecule has 2 rings (SSSR count). The summed E-state index contributed by atoms with van der Waals surface area (Å²) in [5.74, 6) is -2.32. The third-order valence-electron chi connectivity index (χ3n) is 3.65. The van der Waals surface area contributed by atoms with Crippen LogP contribution in [0.4, 0.5) is 5.82 Å². The van der Waals surface area contributed by atoms with Crippen molar-refractivity contribution in [1.29, 1.82) is 0 Å². The van der Waals surface area contributed by atoms with Crippen molar-refractivity contribution in [2.24, 2.45) is 5.73 Å². The third-order valence-corrected chi connectivity index (χ3v) is 3.65. The number of nitrogens with zero attached hydrogens (tertiary/aromatic N) is 2. The van der Waals surface area contributed by atoms with Crippen molar-refractivity contribution >= 4 is 17.7 Å². The van der Waals surface area contributed by atoms with Crippen molar-refractivity contribution in [3.63, 3.8) is 0 Å². The fourth-order valence-electron chi connectivity index (χ4n) is 2.38. The predicted molar refractivity (Wildman–Crippen MR) is 80.4 cm³/mol. The highest BCUT2D eigenvalue weighted by atomic mass is 16.6. The standard InChI is InChI=1S/C13H18N4O8/c14-7(19)3-5(12(22)23)15-8-1-2-17(13(24)16-8)11-10(21)9(20)6(4-18)25-11/h1-2,5-6,9-11,18,20-21H,3-4H2,(H2,14,19)(H,22,23)(H,15,16,24)/t5?,6-,9-,10+,11-/m1/s1. The average Bonchev–Trinajstić information content (AvgIpc) is 2.82. The topological polar surface area (TPSA) is 197 Å². The van der Waals surface area contributed by atoms with E-state index in [0.29, 0.717) is 0 Å². The maximum Gasteiger partial charge on any atom is 0.351 e. The van der Waals surface area contributed by atoms with E-state index in [9.17, 15) is 24.6 Å². The highest BCUT2D eigenvalue weighted by Crippen LogP contribution is 2.28. The van der Waals surface area contributed by atoms with E-state index in [1.165, 1.54) is 12.3 Å². The summed E-state index contributed by atoms with van der Waals surface area (Å²) in [5, 5.41) is 40.1. The highest BCUT2D eigenvalue weighted by molar-refractivity contribution is 5.85. The van der Waals surface area contributed by atoms with Crippen LogP contribution in [-0.2, 0) is 14.3 Å². The molecule has 7 N–H and O–H groups in total. The Labute approximate surface area is 140 Å². The van der Waals surface area contributed by atoms with Crippen molar-refractivity contribution in [2.45, 2.75) is 37.0 Å². The Morgan fingerprint density at radius 2 is 2.08 bits per heavy atom. The lowest BCUT2D eigenvalue weighted by Crippen LogP contribution is -2.37. The molecule has 1 aromatic heterocycles. The number of primary amides is 1. The molecule has 1 aromatic rings. The maximum absolute atomic E-state index is 12.1. The number of amides is 1. The number of carbonyl (C=O) groups excluding carboxylic acids is 1. The highest BCUT2D eigenvalue weighted by Gasteiger charge is 2.43. The number of hydrogen-bond acceptors (Lipinski definition) is 9. The minimum absolute atomic E-state index is 0.123. The number of nitrogens with two attached hydrogens (primary N) is 1. The van der Waals surface area contributed by atoms with Crippen molar-refractivity contribution in [2.75, 3.05) is 11.9 Å². The molecule has 138 valence electrons. The lowest BCUT2D eigenvalue weighted by Gasteiger charge is -2.18. The van der Waals surface area contributed by atoms with E-state index in [-0.39, 0.29) is 5.82 Å². The first kappa shape index (κ1) is 18.8. The molecule has 12 nitrogen and oxygen atoms in total. The number of carboxylic acids is 1. The number of anilines is 1. The predicted octanol–water partition coefficient (Wildman–Crippen LogP) is -3.40. The number of aliphatic hydroxyl groups is 3. The molecular formula is C13H18N4O8. The SMILES string of the molecule is NC(=O)CC(Nc1ccn([C@@H]2O[C@H](CO)[C@@H](O)[C@@H]2O)c(=O)n1)C(=O)O. The molecule has 0 saturated carbocycles. The molecule has 1 aliphatic heterocycles. The van der Waals surface area contributed by atoms with Crippen molar-refractivity contribution < 1.29 is 34.8 Å². The van der Waals surface area contributed by atoms with Crippen molar-refractivity contribution in [1.82, 2.24) is 9.55 Å². The summed E-state index contributed by atoms with van der Waals surface area (Å²) in [5.41, 5.74) is 4.06. The van der Waals surface area contributed by atoms with Gasteiger partial charge in [0.25, 0.3) is 0 Å². The largest absolute Gasteiger partial charge is 0.480 e. The zero-order valence-electron chi connectivity index (χ0n) is 12.8. The zero-order valence-corrected chi connectivity index (χ0v) is 12.8. The first-order chi connectivity index (χ1) is 11.7. The molecule has 0 radical (unpaired) electrons. The van der Waals surface area contributed by atoms with Gasteiger partial charge in [-0.1, -0.05) is 0 Å². The van der Waals surface area contributed by atoms with Gasteiger partial charge in [-0.3, -0.25) is 9.36 Å². The summed E-state index contributed by atoms with van der Waals surface area (Å²) in [6.45, 7) is -0.552. The van der Waals surface area contributed by atoms with E-state index in [1.807, 2.05) is 0 Å². The van der Waals surface area contributed by atoms with Gasteiger partial charge in [-0.05, 0) is 6.07 Å². The summed E-state index contributed by atoms with van der Waals surface area (Å²) in [4.78, 5) is 37.6. The van der Waals surface area contributed by atoms with Gasteiger partial charge in [0.2, 0.25) is 5.91 Å². The zero-order chi connectivity index (χ0) is 18.7. The van der Waals surface area contributed by atoms with Gasteiger partial charge in [0.05, 0.1) is 13.0 Å². The Morgan fingerprint density at radius 1 is 1.40 bits per heavy atom. The maximum atomic E-state index is 12.1. The molecule has 25 heavy (non-hydrogen) atoms. The molecule has 2 heterocycles. The van der Waals surface area contributed by atoms with Crippen LogP contribution in [0.5, 0.6) is 0 Å². The number of aliphatic carboxylic acids is 1. The molecule has 0 spiro atoms. The minimum atomic E-state index is -1.46. The smallest absolute Gasteiger partial charge is 0.351 e. The number of rotatable bonds is 7. The van der Waals surface area contributed by atoms with Gasteiger partial charge in [0, 0.05) is 6.20 Å². The molecule has 1 saturated heterocycles. The van der Waals surface area contributed by atoms with E-state index >= 15 is 0 Å². The summed E-state index contributed by atoms with van der Waals surface area (Å²) >= 11 is 0. The Hall–Kier alpha value is -2.54. The fraction of sp³-hybridized carbons (Fsp3) is 0.538. The van der Waals surface area contributed by atoms with Gasteiger partial charge >= 0.3 is 11.7 Å². The van der Waals surface area contributed by atoms with Crippen molar-refractivity contribution in [3.8, 4) is 0 Å². The van der Waals surface area contributed by atoms with Crippen LogP contribution in [0, 0.1) is 0 Å². The third kappa shape index (κ3) is 4.11. The number of carboxylic acid groups (broad SMARTS) is 1. The number of aliphatic hydroxyl groups excluding tert-OH is 3. The number of ether oxygens (including phenoxy) is 1. The Morgan fingerprint density at radius 3 is 2.56 bits per heavy atom. The number of hydrogen-bond donors (Lipinski definition) is 6. The van der Waals surface area contributed by atoms with Crippen LogP contribution in [0.15, 0.2) is 17.1 Å². The van der Waals surface area contributed by atoms with Gasteiger partial charge in [-0.2, -0.15) is 4.98 Å². The van der Waals surface area contributed by atoms with E-state index in [1.54, 1.807) is 0 Å². The molecule has 1 unspecified atom stereocenters. The second-order valence-corrected chi connectivity index (χ2v) is 5.44. The van der Waals surface area contributed by atoms with E-state index < -0.39 is 61.2 Å². The van der Waals surface area contributed by atoms with Gasteiger partial charge in [0.15, 0.2) is 6.23 Å². The molecule has 0 aromatic carbocycles. The first-order valence-corrected chi connectivity index (χ1v) is 7.24. The number of aromatic nitrogens is 2. The number of carbonyl (C=O) groups is 2. The van der Waals surface area contributed by atoms with Gasteiger partial charge in [0.1, 0.15) is 30.2 Å². The van der Waals surface area contributed by atoms with Crippen LogP contribution in [0.1, 0.15) is 12.6 Å². The molecule has 1 aliphatic rings. The molecule has 12 heteroatoms. The van der Waals surface area contributed by atoms with Crippen LogP contribution in [-0.4, -0.2) is 72.8 Å². The summed E-state index contributed by atoms with van der Waals surface area (Å²) < 4.78 is 6.10. The lowest BCUT2D eigenvalue weighted by atomic mass is 10.1. The average molecular weight is 358 g/mol. The van der Waals surface area contributed by atoms with Gasteiger partial charge < -0.3 is 36.2 Å². The minimum Gasteiger partial charge on any atom is -0.480 e. The lowest BCUT2D eigenvalue weighted by molar-refractivity contribution is -0.139. The summed E-state index contributed by atoms with van der Waals surface area (Å²) in [6.07, 6.45) is -4.50. The molecular weight excluding hydrogens is 340 g/mol. The number of nitrogens with one attached hydrogen (secondary N) is 1. The van der Waals surface area contributed by atoms with E-state index in [2.05, 4.69) is 10.3 Å². The van der Waals surface area contributed by atoms with E-state index in [4.69, 9.17) is 20.7 Å². The molecule has 0 bridgehead atoms. The Kier molecular flexibility index (Phi) is 5.69. The van der Waals surface area contributed by atoms with Crippen molar-refractivity contribution in [3.05, 3.63) is 22.7 Å². The second kappa shape index (κ2) is 7.57. The van der Waals surface area contributed by atoms with Crippen LogP contribution in [0.3, 0.4) is 0 Å². The second-order valence-electron chi connectivity index (χ2n) is 5.44. The molecule has 1 fully saturated rings. The van der Waals surface area contributed by atoms with Crippen LogP contribution >= 0.6 is 0 Å². The first-order valence-electron chi connectivity index (χ1n) is 7.24. The van der Waals surface area contributed by atoms with Crippen LogP contribution in [0.2, 0.25) is 0 Å². The Balaban J connectivity index is 2.19. The normalized spacial score (nSPS) is 27.0. The Bertz CT molecular complexity index is 708. The monoisotopic (exact) mass is 358 g/mol. The van der Waals surface area contributed by atoms with Crippen LogP contribution < -0.4 is 16.7 Å². The van der Waals surface area contributed by atoms with E-state index in [0.717, 1.165) is 4.57 Å². The van der Waals surface area contributed by atoms with Gasteiger partial charge in [-0.25, -0.2) is 9.59 Å². The van der Waals surface area contributed by atoms with Gasteiger partial charge in [-0.15, -0.1) is 0 Å². The fourth-order valence-corrected chi connectivity index (χ4v) is 2.38. The quantitative estimate of drug-likeness (QED) is 0.285. The summed E-state index contributed by atoms with van der Waals surface area (Å²) in [6, 6.07) is -0.137. The molecule has 1 amide bonds. The molecule has 0 aliphatic carbocycles.